The quantitative estimate of drug-likeness (QED) is 0.821. The molecule has 0 radical (unpaired) electrons. The predicted molar refractivity (Wildman–Crippen MR) is 62.1 cm³/mol. The summed E-state index contributed by atoms with van der Waals surface area (Å²) in [4.78, 5) is 1.56. The van der Waals surface area contributed by atoms with E-state index in [2.05, 4.69) is 32.9 Å². The first-order valence-corrected chi connectivity index (χ1v) is 5.44. The Morgan fingerprint density at radius 3 is 2.75 bits per heavy atom. The fourth-order valence-electron chi connectivity index (χ4n) is 1.41. The lowest BCUT2D eigenvalue weighted by Crippen LogP contribution is -2.06. The maximum atomic E-state index is 4.14. The molecule has 2 aromatic rings. The molecule has 0 amide bonds. The van der Waals surface area contributed by atoms with Gasteiger partial charge < -0.3 is 5.32 Å². The summed E-state index contributed by atoms with van der Waals surface area (Å²) >= 11 is 0. The van der Waals surface area contributed by atoms with Gasteiger partial charge in [0.25, 0.3) is 5.95 Å². The van der Waals surface area contributed by atoms with Crippen LogP contribution in [0.3, 0.4) is 0 Å². The van der Waals surface area contributed by atoms with Crippen LogP contribution in [0.15, 0.2) is 30.3 Å². The van der Waals surface area contributed by atoms with Crippen molar-refractivity contribution in [1.29, 1.82) is 0 Å². The standard InChI is InChI=1S/C11H15N5/c1-2-16-14-11(13-15-16)12-9-8-10-6-4-3-5-7-10/h3-7H,2,8-9H2,1H3,(H,12,14). The van der Waals surface area contributed by atoms with Gasteiger partial charge in [0.2, 0.25) is 0 Å². The van der Waals surface area contributed by atoms with E-state index in [0.29, 0.717) is 5.95 Å². The van der Waals surface area contributed by atoms with Gasteiger partial charge in [0, 0.05) is 6.54 Å². The molecule has 0 aliphatic carbocycles. The van der Waals surface area contributed by atoms with E-state index >= 15 is 0 Å². The van der Waals surface area contributed by atoms with Crippen molar-refractivity contribution in [3.05, 3.63) is 35.9 Å². The number of benzene rings is 1. The molecular formula is C11H15N5. The number of nitrogens with zero attached hydrogens (tertiary/aromatic N) is 4. The van der Waals surface area contributed by atoms with E-state index in [4.69, 9.17) is 0 Å². The lowest BCUT2D eigenvalue weighted by atomic mass is 10.1. The van der Waals surface area contributed by atoms with Crippen molar-refractivity contribution in [2.24, 2.45) is 0 Å². The summed E-state index contributed by atoms with van der Waals surface area (Å²) in [5.41, 5.74) is 1.30. The summed E-state index contributed by atoms with van der Waals surface area (Å²) in [6, 6.07) is 10.3. The van der Waals surface area contributed by atoms with Crippen LogP contribution in [-0.2, 0) is 13.0 Å². The van der Waals surface area contributed by atoms with Crippen LogP contribution in [0.25, 0.3) is 0 Å². The number of aromatic nitrogens is 4. The topological polar surface area (TPSA) is 55.6 Å². The van der Waals surface area contributed by atoms with Crippen LogP contribution < -0.4 is 5.32 Å². The summed E-state index contributed by atoms with van der Waals surface area (Å²) in [6.07, 6.45) is 0.960. The highest BCUT2D eigenvalue weighted by atomic mass is 15.6. The number of rotatable bonds is 5. The van der Waals surface area contributed by atoms with Crippen LogP contribution in [0.4, 0.5) is 5.95 Å². The van der Waals surface area contributed by atoms with Crippen LogP contribution in [0.1, 0.15) is 12.5 Å². The average Bonchev–Trinajstić information content (AvgIpc) is 2.78. The summed E-state index contributed by atoms with van der Waals surface area (Å²) in [5.74, 6) is 0.595. The highest BCUT2D eigenvalue weighted by Gasteiger charge is 1.99. The first-order chi connectivity index (χ1) is 7.88. The van der Waals surface area contributed by atoms with E-state index in [9.17, 15) is 0 Å². The molecule has 84 valence electrons. The Labute approximate surface area is 94.5 Å². The molecule has 0 bridgehead atoms. The lowest BCUT2D eigenvalue weighted by Gasteiger charge is -2.01. The van der Waals surface area contributed by atoms with Gasteiger partial charge in [0.05, 0.1) is 6.54 Å². The third-order valence-electron chi connectivity index (χ3n) is 2.28. The highest BCUT2D eigenvalue weighted by Crippen LogP contribution is 2.00. The zero-order valence-electron chi connectivity index (χ0n) is 9.30. The number of hydrogen-bond donors (Lipinski definition) is 1. The number of hydrogen-bond acceptors (Lipinski definition) is 4. The SMILES string of the molecule is CCn1nnc(NCCc2ccccc2)n1. The Kier molecular flexibility index (Phi) is 3.48. The molecule has 0 aliphatic heterocycles. The molecule has 16 heavy (non-hydrogen) atoms. The molecule has 0 aliphatic rings. The molecule has 2 rings (SSSR count). The Balaban J connectivity index is 1.80. The van der Waals surface area contributed by atoms with E-state index in [1.165, 1.54) is 5.56 Å². The third-order valence-corrected chi connectivity index (χ3v) is 2.28. The molecule has 1 aromatic carbocycles. The second-order valence-electron chi connectivity index (χ2n) is 3.46. The van der Waals surface area contributed by atoms with Crippen molar-refractivity contribution in [2.45, 2.75) is 19.9 Å². The first-order valence-electron chi connectivity index (χ1n) is 5.44. The predicted octanol–water partition coefficient (Wildman–Crippen LogP) is 1.35. The molecule has 0 fully saturated rings. The number of anilines is 1. The normalized spacial score (nSPS) is 10.3. The average molecular weight is 217 g/mol. The van der Waals surface area contributed by atoms with Crippen LogP contribution in [-0.4, -0.2) is 26.8 Å². The summed E-state index contributed by atoms with van der Waals surface area (Å²) in [6.45, 7) is 3.54. The molecular weight excluding hydrogens is 202 g/mol. The fourth-order valence-corrected chi connectivity index (χ4v) is 1.41. The lowest BCUT2D eigenvalue weighted by molar-refractivity contribution is 0.552. The van der Waals surface area contributed by atoms with E-state index < -0.39 is 0 Å². The van der Waals surface area contributed by atoms with E-state index in [0.717, 1.165) is 19.5 Å². The van der Waals surface area contributed by atoms with Crippen molar-refractivity contribution in [3.8, 4) is 0 Å². The zero-order chi connectivity index (χ0) is 11.2. The molecule has 0 unspecified atom stereocenters. The van der Waals surface area contributed by atoms with Crippen LogP contribution in [0.5, 0.6) is 0 Å². The van der Waals surface area contributed by atoms with Gasteiger partial charge >= 0.3 is 0 Å². The van der Waals surface area contributed by atoms with Gasteiger partial charge in [-0.25, -0.2) is 0 Å². The number of tetrazole rings is 1. The van der Waals surface area contributed by atoms with Crippen LogP contribution in [0.2, 0.25) is 0 Å². The molecule has 5 heteroatoms. The van der Waals surface area contributed by atoms with Gasteiger partial charge in [-0.05, 0) is 24.1 Å². The molecule has 0 spiro atoms. The van der Waals surface area contributed by atoms with Gasteiger partial charge in [-0.1, -0.05) is 35.4 Å². The summed E-state index contributed by atoms with van der Waals surface area (Å²) in [5, 5.41) is 15.0. The third kappa shape index (κ3) is 2.79. The monoisotopic (exact) mass is 217 g/mol. The van der Waals surface area contributed by atoms with Gasteiger partial charge in [0.1, 0.15) is 0 Å². The van der Waals surface area contributed by atoms with Crippen molar-refractivity contribution in [3.63, 3.8) is 0 Å². The van der Waals surface area contributed by atoms with Gasteiger partial charge in [-0.2, -0.15) is 4.80 Å². The maximum Gasteiger partial charge on any atom is 0.263 e. The molecule has 1 heterocycles. The Morgan fingerprint density at radius 1 is 1.25 bits per heavy atom. The van der Waals surface area contributed by atoms with Gasteiger partial charge in [-0.15, -0.1) is 5.10 Å². The highest BCUT2D eigenvalue weighted by molar-refractivity contribution is 5.21. The fraction of sp³-hybridized carbons (Fsp3) is 0.364. The summed E-state index contributed by atoms with van der Waals surface area (Å²) in [7, 11) is 0. The number of nitrogens with one attached hydrogen (secondary N) is 1. The number of aryl methyl sites for hydroxylation is 1. The van der Waals surface area contributed by atoms with Crippen LogP contribution >= 0.6 is 0 Å². The second-order valence-corrected chi connectivity index (χ2v) is 3.46. The smallest absolute Gasteiger partial charge is 0.263 e. The largest absolute Gasteiger partial charge is 0.351 e. The second kappa shape index (κ2) is 5.25. The first kappa shape index (κ1) is 10.6. The Morgan fingerprint density at radius 2 is 2.06 bits per heavy atom. The van der Waals surface area contributed by atoms with Gasteiger partial charge in [0.15, 0.2) is 0 Å². The van der Waals surface area contributed by atoms with E-state index in [1.54, 1.807) is 4.80 Å². The Hall–Kier alpha value is -1.91. The minimum atomic E-state index is 0.595. The Bertz CT molecular complexity index is 423. The van der Waals surface area contributed by atoms with Crippen LogP contribution in [0, 0.1) is 0 Å². The maximum absolute atomic E-state index is 4.14. The molecule has 1 N–H and O–H groups in total. The molecule has 1 aromatic heterocycles. The summed E-state index contributed by atoms with van der Waals surface area (Å²) < 4.78 is 0. The van der Waals surface area contributed by atoms with Crippen molar-refractivity contribution in [1.82, 2.24) is 20.2 Å². The minimum absolute atomic E-state index is 0.595. The molecule has 0 saturated heterocycles. The minimum Gasteiger partial charge on any atom is -0.351 e. The van der Waals surface area contributed by atoms with Crippen molar-refractivity contribution in [2.75, 3.05) is 11.9 Å². The van der Waals surface area contributed by atoms with E-state index in [-0.39, 0.29) is 0 Å². The molecule has 0 atom stereocenters. The van der Waals surface area contributed by atoms with Gasteiger partial charge in [-0.3, -0.25) is 0 Å². The van der Waals surface area contributed by atoms with Crippen molar-refractivity contribution >= 4 is 5.95 Å². The molecule has 5 nitrogen and oxygen atoms in total. The zero-order valence-corrected chi connectivity index (χ0v) is 9.30. The van der Waals surface area contributed by atoms with Crippen molar-refractivity contribution < 1.29 is 0 Å². The van der Waals surface area contributed by atoms with E-state index in [1.807, 2.05) is 25.1 Å². The molecule has 0 saturated carbocycles.